The van der Waals surface area contributed by atoms with Crippen LogP contribution in [0.3, 0.4) is 0 Å². The Kier molecular flexibility index (Phi) is 4.47. The second-order valence-electron chi connectivity index (χ2n) is 5.02. The number of carbonyl (C=O) groups excluding carboxylic acids is 1. The highest BCUT2D eigenvalue weighted by atomic mass is 127. The molecule has 1 heterocycles. The van der Waals surface area contributed by atoms with Crippen LogP contribution in [0, 0.1) is 3.57 Å². The number of hydrogen-bond donors (Lipinski definition) is 2. The monoisotopic (exact) mass is 412 g/mol. The summed E-state index contributed by atoms with van der Waals surface area (Å²) in [6, 6.07) is 13.6. The van der Waals surface area contributed by atoms with Gasteiger partial charge in [-0.2, -0.15) is 0 Å². The van der Waals surface area contributed by atoms with E-state index in [2.05, 4.69) is 45.4 Å². The molecule has 1 aliphatic rings. The third-order valence-electron chi connectivity index (χ3n) is 3.59. The van der Waals surface area contributed by atoms with Crippen molar-refractivity contribution in [2.75, 3.05) is 5.32 Å². The maximum absolute atomic E-state index is 12.4. The van der Waals surface area contributed by atoms with Crippen molar-refractivity contribution < 1.29 is 4.79 Å². The Bertz CT molecular complexity index is 690. The Hall–Kier alpha value is -1.11. The second-order valence-corrected chi connectivity index (χ2v) is 6.67. The van der Waals surface area contributed by atoms with E-state index < -0.39 is 0 Å². The molecule has 0 aliphatic carbocycles. The van der Waals surface area contributed by atoms with Gasteiger partial charge in [0, 0.05) is 10.1 Å². The molecule has 5 heteroatoms. The summed E-state index contributed by atoms with van der Waals surface area (Å²) >= 11 is 8.34. The standard InChI is InChI=1S/C16H14ClIN2O/c17-13-8-12(18)5-6-14(13)20-16(21)15-7-10-3-1-2-4-11(10)9-19-15/h1-6,8,15,19H,7,9H2,(H,20,21). The predicted molar refractivity (Wildman–Crippen MR) is 93.6 cm³/mol. The number of fused-ring (bicyclic) bond motifs is 1. The molecule has 0 radical (unpaired) electrons. The van der Waals surface area contributed by atoms with E-state index in [0.717, 1.165) is 3.57 Å². The lowest BCUT2D eigenvalue weighted by Gasteiger charge is -2.25. The van der Waals surface area contributed by atoms with Crippen LogP contribution in [-0.2, 0) is 17.8 Å². The van der Waals surface area contributed by atoms with Gasteiger partial charge < -0.3 is 10.6 Å². The zero-order valence-corrected chi connectivity index (χ0v) is 14.1. The van der Waals surface area contributed by atoms with E-state index in [1.807, 2.05) is 30.3 Å². The average molecular weight is 413 g/mol. The summed E-state index contributed by atoms with van der Waals surface area (Å²) in [4.78, 5) is 12.4. The van der Waals surface area contributed by atoms with Crippen LogP contribution >= 0.6 is 34.2 Å². The number of amides is 1. The van der Waals surface area contributed by atoms with Crippen molar-refractivity contribution in [3.63, 3.8) is 0 Å². The maximum atomic E-state index is 12.4. The first-order valence-corrected chi connectivity index (χ1v) is 8.15. The van der Waals surface area contributed by atoms with Gasteiger partial charge in [0.2, 0.25) is 5.91 Å². The number of hydrogen-bond acceptors (Lipinski definition) is 2. The smallest absolute Gasteiger partial charge is 0.241 e. The summed E-state index contributed by atoms with van der Waals surface area (Å²) in [6.45, 7) is 0.717. The summed E-state index contributed by atoms with van der Waals surface area (Å²) in [5, 5.41) is 6.73. The first kappa shape index (κ1) is 14.8. The van der Waals surface area contributed by atoms with Crippen LogP contribution in [0.5, 0.6) is 0 Å². The lowest BCUT2D eigenvalue weighted by atomic mass is 9.95. The number of benzene rings is 2. The van der Waals surface area contributed by atoms with Gasteiger partial charge >= 0.3 is 0 Å². The highest BCUT2D eigenvalue weighted by Crippen LogP contribution is 2.24. The van der Waals surface area contributed by atoms with Crippen molar-refractivity contribution >= 4 is 45.8 Å². The summed E-state index contributed by atoms with van der Waals surface area (Å²) in [6.07, 6.45) is 0.698. The Morgan fingerprint density at radius 3 is 2.76 bits per heavy atom. The Labute approximate surface area is 142 Å². The normalized spacial score (nSPS) is 17.1. The highest BCUT2D eigenvalue weighted by Gasteiger charge is 2.24. The molecule has 0 spiro atoms. The fourth-order valence-corrected chi connectivity index (χ4v) is 3.35. The lowest BCUT2D eigenvalue weighted by molar-refractivity contribution is -0.118. The van der Waals surface area contributed by atoms with Crippen LogP contribution in [0.25, 0.3) is 0 Å². The zero-order chi connectivity index (χ0) is 14.8. The molecule has 0 saturated carbocycles. The van der Waals surface area contributed by atoms with E-state index in [0.29, 0.717) is 23.7 Å². The summed E-state index contributed by atoms with van der Waals surface area (Å²) < 4.78 is 1.04. The van der Waals surface area contributed by atoms with E-state index in [-0.39, 0.29) is 11.9 Å². The first-order valence-electron chi connectivity index (χ1n) is 6.69. The summed E-state index contributed by atoms with van der Waals surface area (Å²) in [5.41, 5.74) is 3.14. The molecule has 2 aromatic rings. The minimum atomic E-state index is -0.227. The molecule has 0 fully saturated rings. The number of rotatable bonds is 2. The van der Waals surface area contributed by atoms with Gasteiger partial charge in [-0.15, -0.1) is 0 Å². The van der Waals surface area contributed by atoms with Gasteiger partial charge in [0.1, 0.15) is 0 Å². The van der Waals surface area contributed by atoms with Crippen molar-refractivity contribution in [1.82, 2.24) is 5.32 Å². The molecule has 0 bridgehead atoms. The summed E-state index contributed by atoms with van der Waals surface area (Å²) in [7, 11) is 0. The molecule has 0 saturated heterocycles. The molecule has 3 rings (SSSR count). The van der Waals surface area contributed by atoms with Gasteiger partial charge in [0.25, 0.3) is 0 Å². The summed E-state index contributed by atoms with van der Waals surface area (Å²) in [5.74, 6) is -0.0485. The SMILES string of the molecule is O=C(Nc1ccc(I)cc1Cl)C1Cc2ccccc2CN1. The number of halogens is 2. The molecule has 1 atom stereocenters. The highest BCUT2D eigenvalue weighted by molar-refractivity contribution is 14.1. The fourth-order valence-electron chi connectivity index (χ4n) is 2.45. The molecule has 1 aliphatic heterocycles. The van der Waals surface area contributed by atoms with Crippen molar-refractivity contribution in [3.8, 4) is 0 Å². The van der Waals surface area contributed by atoms with Gasteiger partial charge in [-0.3, -0.25) is 4.79 Å². The Morgan fingerprint density at radius 2 is 2.00 bits per heavy atom. The van der Waals surface area contributed by atoms with E-state index in [9.17, 15) is 4.79 Å². The predicted octanol–water partition coefficient (Wildman–Crippen LogP) is 3.60. The third-order valence-corrected chi connectivity index (χ3v) is 4.57. The van der Waals surface area contributed by atoms with Gasteiger partial charge in [-0.05, 0) is 58.3 Å². The molecule has 3 nitrogen and oxygen atoms in total. The number of carbonyl (C=O) groups is 1. The van der Waals surface area contributed by atoms with Gasteiger partial charge in [0.15, 0.2) is 0 Å². The van der Waals surface area contributed by atoms with Gasteiger partial charge in [0.05, 0.1) is 16.8 Å². The van der Waals surface area contributed by atoms with Gasteiger partial charge in [-0.1, -0.05) is 35.9 Å². The molecular weight excluding hydrogens is 399 g/mol. The molecule has 108 valence electrons. The first-order chi connectivity index (χ1) is 10.1. The third kappa shape index (κ3) is 3.39. The quantitative estimate of drug-likeness (QED) is 0.740. The molecule has 1 unspecified atom stereocenters. The van der Waals surface area contributed by atoms with Crippen LogP contribution in [0.15, 0.2) is 42.5 Å². The number of nitrogens with one attached hydrogen (secondary N) is 2. The van der Waals surface area contributed by atoms with E-state index in [4.69, 9.17) is 11.6 Å². The average Bonchev–Trinajstić information content (AvgIpc) is 2.49. The molecule has 0 aromatic heterocycles. The molecular formula is C16H14ClIN2O. The maximum Gasteiger partial charge on any atom is 0.241 e. The minimum absolute atomic E-state index is 0.0485. The van der Waals surface area contributed by atoms with Crippen LogP contribution in [0.1, 0.15) is 11.1 Å². The molecule has 2 aromatic carbocycles. The van der Waals surface area contributed by atoms with Crippen LogP contribution in [0.2, 0.25) is 5.02 Å². The molecule has 1 amide bonds. The largest absolute Gasteiger partial charge is 0.323 e. The Balaban J connectivity index is 1.72. The van der Waals surface area contributed by atoms with Crippen LogP contribution < -0.4 is 10.6 Å². The number of anilines is 1. The lowest BCUT2D eigenvalue weighted by Crippen LogP contribution is -2.44. The van der Waals surface area contributed by atoms with Crippen molar-refractivity contribution in [1.29, 1.82) is 0 Å². The van der Waals surface area contributed by atoms with E-state index in [1.54, 1.807) is 0 Å². The zero-order valence-electron chi connectivity index (χ0n) is 11.2. The van der Waals surface area contributed by atoms with E-state index >= 15 is 0 Å². The van der Waals surface area contributed by atoms with Crippen molar-refractivity contribution in [2.45, 2.75) is 19.0 Å². The second kappa shape index (κ2) is 6.34. The van der Waals surface area contributed by atoms with Crippen LogP contribution in [-0.4, -0.2) is 11.9 Å². The minimum Gasteiger partial charge on any atom is -0.323 e. The fraction of sp³-hybridized carbons (Fsp3) is 0.188. The van der Waals surface area contributed by atoms with Crippen molar-refractivity contribution in [2.24, 2.45) is 0 Å². The van der Waals surface area contributed by atoms with Crippen LogP contribution in [0.4, 0.5) is 5.69 Å². The van der Waals surface area contributed by atoms with E-state index in [1.165, 1.54) is 11.1 Å². The Morgan fingerprint density at radius 1 is 1.24 bits per heavy atom. The molecule has 2 N–H and O–H groups in total. The topological polar surface area (TPSA) is 41.1 Å². The van der Waals surface area contributed by atoms with Crippen molar-refractivity contribution in [3.05, 3.63) is 62.2 Å². The molecule has 21 heavy (non-hydrogen) atoms. The van der Waals surface area contributed by atoms with Gasteiger partial charge in [-0.25, -0.2) is 0 Å².